The summed E-state index contributed by atoms with van der Waals surface area (Å²) in [5.74, 6) is 0.774. The van der Waals surface area contributed by atoms with Gasteiger partial charge in [-0.3, -0.25) is 0 Å². The molecule has 1 unspecified atom stereocenters. The predicted molar refractivity (Wildman–Crippen MR) is 77.5 cm³/mol. The van der Waals surface area contributed by atoms with E-state index < -0.39 is 0 Å². The van der Waals surface area contributed by atoms with Crippen molar-refractivity contribution in [2.75, 3.05) is 67.1 Å². The maximum atomic E-state index is 5.94. The smallest absolute Gasteiger partial charge is 0.102 e. The summed E-state index contributed by atoms with van der Waals surface area (Å²) in [4.78, 5) is 0. The molecule has 1 aliphatic heterocycles. The van der Waals surface area contributed by atoms with Crippen LogP contribution in [0.2, 0.25) is 0 Å². The Labute approximate surface area is 114 Å². The van der Waals surface area contributed by atoms with Crippen molar-refractivity contribution in [2.24, 2.45) is 5.92 Å². The predicted octanol–water partition coefficient (Wildman–Crippen LogP) is 1.98. The quantitative estimate of drug-likeness (QED) is 0.501. The zero-order valence-electron chi connectivity index (χ0n) is 13.2. The van der Waals surface area contributed by atoms with Crippen molar-refractivity contribution in [2.45, 2.75) is 26.7 Å². The molecule has 1 atom stereocenters. The van der Waals surface area contributed by atoms with E-state index in [9.17, 15) is 0 Å². The van der Waals surface area contributed by atoms with Gasteiger partial charge in [0.15, 0.2) is 0 Å². The summed E-state index contributed by atoms with van der Waals surface area (Å²) < 4.78 is 8.24. The summed E-state index contributed by atoms with van der Waals surface area (Å²) >= 11 is 0. The van der Waals surface area contributed by atoms with Gasteiger partial charge in [0.05, 0.1) is 60.5 Å². The molecule has 1 rings (SSSR count). The standard InChI is InChI=1S/C15H34N2O/c1-6-17(5,7-2)11-12-18-14-15-9-8-10-16(3,4)13-15/h15H,6-14H2,1-5H3/q+2. The molecule has 1 aliphatic rings. The Kier molecular flexibility index (Phi) is 6.09. The van der Waals surface area contributed by atoms with Crippen LogP contribution in [0, 0.1) is 5.92 Å². The zero-order chi connectivity index (χ0) is 13.6. The second-order valence-corrected chi connectivity index (χ2v) is 6.90. The Balaban J connectivity index is 2.18. The fraction of sp³-hybridized carbons (Fsp3) is 1.00. The summed E-state index contributed by atoms with van der Waals surface area (Å²) in [5, 5.41) is 0. The zero-order valence-corrected chi connectivity index (χ0v) is 13.2. The molecule has 0 radical (unpaired) electrons. The molecule has 1 fully saturated rings. The minimum absolute atomic E-state index is 0.774. The van der Waals surface area contributed by atoms with Crippen molar-refractivity contribution < 1.29 is 13.7 Å². The molecule has 108 valence electrons. The van der Waals surface area contributed by atoms with Crippen molar-refractivity contribution in [1.82, 2.24) is 0 Å². The molecule has 18 heavy (non-hydrogen) atoms. The van der Waals surface area contributed by atoms with Crippen LogP contribution in [0.15, 0.2) is 0 Å². The van der Waals surface area contributed by atoms with Crippen LogP contribution in [0.4, 0.5) is 0 Å². The average molecular weight is 258 g/mol. The highest BCUT2D eigenvalue weighted by atomic mass is 16.5. The van der Waals surface area contributed by atoms with E-state index in [2.05, 4.69) is 35.0 Å². The highest BCUT2D eigenvalue weighted by Gasteiger charge is 2.27. The SMILES string of the molecule is CC[N+](C)(CC)CCOCC1CCC[N+](C)(C)C1. The van der Waals surface area contributed by atoms with Crippen LogP contribution in [-0.4, -0.2) is 76.0 Å². The molecule has 1 saturated heterocycles. The molecule has 0 saturated carbocycles. The summed E-state index contributed by atoms with van der Waals surface area (Å²) in [6, 6.07) is 0. The van der Waals surface area contributed by atoms with Crippen molar-refractivity contribution >= 4 is 0 Å². The van der Waals surface area contributed by atoms with Gasteiger partial charge in [0.25, 0.3) is 0 Å². The van der Waals surface area contributed by atoms with Crippen LogP contribution >= 0.6 is 0 Å². The largest absolute Gasteiger partial charge is 0.375 e. The third kappa shape index (κ3) is 5.25. The number of likely N-dealkylation sites (N-methyl/N-ethyl adjacent to an activating group) is 1. The first kappa shape index (κ1) is 15.9. The Bertz CT molecular complexity index is 237. The van der Waals surface area contributed by atoms with Crippen LogP contribution in [0.25, 0.3) is 0 Å². The van der Waals surface area contributed by atoms with Gasteiger partial charge in [-0.25, -0.2) is 0 Å². The van der Waals surface area contributed by atoms with E-state index in [1.54, 1.807) is 0 Å². The molecule has 0 aliphatic carbocycles. The lowest BCUT2D eigenvalue weighted by Gasteiger charge is -2.38. The van der Waals surface area contributed by atoms with Gasteiger partial charge in [-0.1, -0.05) is 0 Å². The van der Waals surface area contributed by atoms with Gasteiger partial charge in [0.1, 0.15) is 6.54 Å². The number of ether oxygens (including phenoxy) is 1. The van der Waals surface area contributed by atoms with Crippen LogP contribution in [0.1, 0.15) is 26.7 Å². The van der Waals surface area contributed by atoms with E-state index in [-0.39, 0.29) is 0 Å². The number of hydrogen-bond acceptors (Lipinski definition) is 1. The van der Waals surface area contributed by atoms with Crippen molar-refractivity contribution in [3.63, 3.8) is 0 Å². The molecule has 0 aromatic carbocycles. The summed E-state index contributed by atoms with van der Waals surface area (Å²) in [7, 11) is 7.01. The van der Waals surface area contributed by atoms with Gasteiger partial charge >= 0.3 is 0 Å². The first-order valence-corrected chi connectivity index (χ1v) is 7.64. The molecule has 0 aromatic rings. The van der Waals surface area contributed by atoms with Gasteiger partial charge in [0.2, 0.25) is 0 Å². The van der Waals surface area contributed by atoms with E-state index in [1.165, 1.54) is 43.5 Å². The molecule has 0 N–H and O–H groups in total. The van der Waals surface area contributed by atoms with E-state index >= 15 is 0 Å². The fourth-order valence-corrected chi connectivity index (χ4v) is 2.90. The number of hydrogen-bond donors (Lipinski definition) is 0. The Hall–Kier alpha value is -0.120. The van der Waals surface area contributed by atoms with E-state index in [0.29, 0.717) is 0 Å². The second-order valence-electron chi connectivity index (χ2n) is 6.90. The fourth-order valence-electron chi connectivity index (χ4n) is 2.90. The van der Waals surface area contributed by atoms with Crippen molar-refractivity contribution in [3.8, 4) is 0 Å². The minimum atomic E-state index is 0.774. The topological polar surface area (TPSA) is 9.23 Å². The van der Waals surface area contributed by atoms with Gasteiger partial charge in [-0.2, -0.15) is 0 Å². The van der Waals surface area contributed by atoms with Gasteiger partial charge < -0.3 is 13.7 Å². The van der Waals surface area contributed by atoms with E-state index in [1.807, 2.05) is 0 Å². The first-order chi connectivity index (χ1) is 8.41. The summed E-state index contributed by atoms with van der Waals surface area (Å²) in [6.07, 6.45) is 2.72. The Morgan fingerprint density at radius 1 is 1.22 bits per heavy atom. The van der Waals surface area contributed by atoms with Crippen molar-refractivity contribution in [3.05, 3.63) is 0 Å². The molecule has 3 nitrogen and oxygen atoms in total. The van der Waals surface area contributed by atoms with Crippen LogP contribution in [0.3, 0.4) is 0 Å². The minimum Gasteiger partial charge on any atom is -0.375 e. The molecule has 0 bridgehead atoms. The van der Waals surface area contributed by atoms with Gasteiger partial charge in [-0.05, 0) is 26.7 Å². The normalized spacial score (nSPS) is 24.2. The molecule has 1 heterocycles. The van der Waals surface area contributed by atoms with Crippen molar-refractivity contribution in [1.29, 1.82) is 0 Å². The first-order valence-electron chi connectivity index (χ1n) is 7.64. The highest BCUT2D eigenvalue weighted by molar-refractivity contribution is 4.62. The van der Waals surface area contributed by atoms with Gasteiger partial charge in [-0.15, -0.1) is 0 Å². The maximum Gasteiger partial charge on any atom is 0.102 e. The molecule has 0 aromatic heterocycles. The van der Waals surface area contributed by atoms with Crippen LogP contribution in [0.5, 0.6) is 0 Å². The van der Waals surface area contributed by atoms with Crippen LogP contribution < -0.4 is 0 Å². The molecule has 3 heteroatoms. The third-order valence-electron chi connectivity index (χ3n) is 4.78. The lowest BCUT2D eigenvalue weighted by molar-refractivity contribution is -0.906. The van der Waals surface area contributed by atoms with Crippen LogP contribution in [-0.2, 0) is 4.74 Å². The number of likely N-dealkylation sites (tertiary alicyclic amines) is 1. The lowest BCUT2D eigenvalue weighted by Crippen LogP contribution is -2.49. The molecular formula is C15H34N2O+2. The van der Waals surface area contributed by atoms with E-state index in [4.69, 9.17) is 4.74 Å². The number of nitrogens with zero attached hydrogens (tertiary/aromatic N) is 2. The Morgan fingerprint density at radius 2 is 1.89 bits per heavy atom. The highest BCUT2D eigenvalue weighted by Crippen LogP contribution is 2.20. The maximum absolute atomic E-state index is 5.94. The second kappa shape index (κ2) is 6.88. The lowest BCUT2D eigenvalue weighted by atomic mass is 9.98. The number of piperidine rings is 1. The molecular weight excluding hydrogens is 224 g/mol. The average Bonchev–Trinajstić information content (AvgIpc) is 2.33. The summed E-state index contributed by atoms with van der Waals surface area (Å²) in [5.41, 5.74) is 0. The monoisotopic (exact) mass is 258 g/mol. The summed E-state index contributed by atoms with van der Waals surface area (Å²) in [6.45, 7) is 12.6. The Morgan fingerprint density at radius 3 is 2.44 bits per heavy atom. The molecule has 0 amide bonds. The number of quaternary nitrogens is 2. The van der Waals surface area contributed by atoms with Gasteiger partial charge in [0, 0.05) is 5.92 Å². The third-order valence-corrected chi connectivity index (χ3v) is 4.78. The van der Waals surface area contributed by atoms with E-state index in [0.717, 1.165) is 30.2 Å². The molecule has 0 spiro atoms. The number of rotatable bonds is 7.